The Morgan fingerprint density at radius 1 is 1.04 bits per heavy atom. The maximum absolute atomic E-state index is 11.8. The van der Waals surface area contributed by atoms with Crippen molar-refractivity contribution in [2.75, 3.05) is 0 Å². The van der Waals surface area contributed by atoms with Crippen molar-refractivity contribution >= 4 is 12.2 Å². The molecule has 2 rings (SSSR count). The molecule has 0 bridgehead atoms. The number of carbonyl (C=O) groups is 1. The first-order valence-electron chi connectivity index (χ1n) is 8.35. The first-order chi connectivity index (χ1) is 11.9. The average molecular weight is 339 g/mol. The monoisotopic (exact) mass is 339 g/mol. The summed E-state index contributed by atoms with van der Waals surface area (Å²) in [6, 6.07) is 19.8. The van der Waals surface area contributed by atoms with Gasteiger partial charge >= 0.3 is 6.09 Å². The Morgan fingerprint density at radius 3 is 2.24 bits per heavy atom. The Balaban J connectivity index is 1.99. The Bertz CT molecular complexity index is 675. The number of ether oxygens (including phenoxy) is 1. The van der Waals surface area contributed by atoms with Crippen molar-refractivity contribution in [1.82, 2.24) is 5.48 Å². The number of carbonyl (C=O) groups excluding carboxylic acids is 1. The molecule has 1 unspecified atom stereocenters. The minimum atomic E-state index is -0.597. The van der Waals surface area contributed by atoms with Gasteiger partial charge in [-0.1, -0.05) is 72.8 Å². The highest BCUT2D eigenvalue weighted by atomic mass is 16.7. The Labute approximate surface area is 149 Å². The molecule has 132 valence electrons. The minimum absolute atomic E-state index is 0.298. The van der Waals surface area contributed by atoms with E-state index in [0.717, 1.165) is 11.1 Å². The predicted octanol–water partition coefficient (Wildman–Crippen LogP) is 5.29. The maximum atomic E-state index is 11.8. The molecule has 0 spiro atoms. The van der Waals surface area contributed by atoms with Crippen LogP contribution in [0.3, 0.4) is 0 Å². The van der Waals surface area contributed by atoms with E-state index in [4.69, 9.17) is 9.57 Å². The molecule has 2 aromatic carbocycles. The third-order valence-electron chi connectivity index (χ3n) is 3.31. The molecule has 0 aliphatic rings. The van der Waals surface area contributed by atoms with Crippen molar-refractivity contribution in [2.24, 2.45) is 0 Å². The van der Waals surface area contributed by atoms with Crippen molar-refractivity contribution in [3.8, 4) is 0 Å². The lowest BCUT2D eigenvalue weighted by molar-refractivity contribution is -0.0425. The fourth-order valence-corrected chi connectivity index (χ4v) is 2.23. The first-order valence-corrected chi connectivity index (χ1v) is 8.35. The summed E-state index contributed by atoms with van der Waals surface area (Å²) in [5.41, 5.74) is 3.93. The van der Waals surface area contributed by atoms with Gasteiger partial charge in [-0.3, -0.25) is 4.84 Å². The Hall–Kier alpha value is -2.59. The van der Waals surface area contributed by atoms with Gasteiger partial charge in [0.15, 0.2) is 0 Å². The molecule has 2 aromatic rings. The van der Waals surface area contributed by atoms with Crippen molar-refractivity contribution in [2.45, 2.75) is 38.9 Å². The smallest absolute Gasteiger partial charge is 0.431 e. The topological polar surface area (TPSA) is 47.6 Å². The number of rotatable bonds is 6. The number of hydrogen-bond acceptors (Lipinski definition) is 3. The number of hydroxylamine groups is 1. The summed E-state index contributed by atoms with van der Waals surface area (Å²) in [7, 11) is 0. The van der Waals surface area contributed by atoms with E-state index >= 15 is 0 Å². The van der Waals surface area contributed by atoms with Crippen LogP contribution in [0.15, 0.2) is 66.7 Å². The van der Waals surface area contributed by atoms with Gasteiger partial charge in [-0.05, 0) is 38.3 Å². The highest BCUT2D eigenvalue weighted by molar-refractivity contribution is 5.66. The van der Waals surface area contributed by atoms with Gasteiger partial charge in [-0.2, -0.15) is 5.48 Å². The molecule has 0 aromatic heterocycles. The van der Waals surface area contributed by atoms with Crippen LogP contribution in [0.2, 0.25) is 0 Å². The molecule has 1 amide bonds. The lowest BCUT2D eigenvalue weighted by Crippen LogP contribution is -2.33. The number of hydrogen-bond donors (Lipinski definition) is 1. The van der Waals surface area contributed by atoms with Crippen molar-refractivity contribution in [3.63, 3.8) is 0 Å². The van der Waals surface area contributed by atoms with Gasteiger partial charge in [0.1, 0.15) is 11.7 Å². The fraction of sp³-hybridized carbons (Fsp3) is 0.286. The van der Waals surface area contributed by atoms with Gasteiger partial charge in [-0.25, -0.2) is 4.79 Å². The van der Waals surface area contributed by atoms with Crippen molar-refractivity contribution in [1.29, 1.82) is 0 Å². The lowest BCUT2D eigenvalue weighted by Gasteiger charge is -2.21. The van der Waals surface area contributed by atoms with Gasteiger partial charge in [0.25, 0.3) is 0 Å². The van der Waals surface area contributed by atoms with Crippen LogP contribution in [0.4, 0.5) is 4.79 Å². The highest BCUT2D eigenvalue weighted by Crippen LogP contribution is 2.21. The SMILES string of the molecule is CC(C)(C)OC(=O)NOC(C/C=C/c1ccccc1)c1ccccc1. The Kier molecular flexibility index (Phi) is 6.78. The van der Waals surface area contributed by atoms with Crippen LogP contribution in [0.1, 0.15) is 44.4 Å². The molecule has 25 heavy (non-hydrogen) atoms. The van der Waals surface area contributed by atoms with E-state index in [0.29, 0.717) is 6.42 Å². The van der Waals surface area contributed by atoms with Crippen LogP contribution >= 0.6 is 0 Å². The Morgan fingerprint density at radius 2 is 1.64 bits per heavy atom. The van der Waals surface area contributed by atoms with Crippen LogP contribution in [0, 0.1) is 0 Å². The number of benzene rings is 2. The van der Waals surface area contributed by atoms with Gasteiger partial charge < -0.3 is 4.74 Å². The molecule has 0 fully saturated rings. The van der Waals surface area contributed by atoms with Gasteiger partial charge in [0.2, 0.25) is 0 Å². The zero-order chi connectivity index (χ0) is 18.1. The van der Waals surface area contributed by atoms with Gasteiger partial charge in [0, 0.05) is 0 Å². The van der Waals surface area contributed by atoms with Crippen LogP contribution in [-0.2, 0) is 9.57 Å². The minimum Gasteiger partial charge on any atom is -0.442 e. The summed E-state index contributed by atoms with van der Waals surface area (Å²) in [6.07, 6.45) is 3.79. The van der Waals surface area contributed by atoms with Crippen molar-refractivity contribution < 1.29 is 14.4 Å². The summed E-state index contributed by atoms with van der Waals surface area (Å²) in [4.78, 5) is 17.4. The predicted molar refractivity (Wildman–Crippen MR) is 99.7 cm³/mol. The summed E-state index contributed by atoms with van der Waals surface area (Å²) in [6.45, 7) is 5.43. The highest BCUT2D eigenvalue weighted by Gasteiger charge is 2.18. The normalized spacial score (nSPS) is 12.8. The number of nitrogens with one attached hydrogen (secondary N) is 1. The average Bonchev–Trinajstić information content (AvgIpc) is 2.58. The quantitative estimate of drug-likeness (QED) is 0.728. The second-order valence-corrected chi connectivity index (χ2v) is 6.67. The van der Waals surface area contributed by atoms with Crippen LogP contribution in [0.25, 0.3) is 6.08 Å². The van der Waals surface area contributed by atoms with Gasteiger partial charge in [0.05, 0.1) is 0 Å². The second-order valence-electron chi connectivity index (χ2n) is 6.67. The third-order valence-corrected chi connectivity index (χ3v) is 3.31. The zero-order valence-electron chi connectivity index (χ0n) is 14.9. The van der Waals surface area contributed by atoms with Gasteiger partial charge in [-0.15, -0.1) is 0 Å². The maximum Gasteiger partial charge on any atom is 0.431 e. The molecule has 0 aliphatic heterocycles. The van der Waals surface area contributed by atoms with Crippen LogP contribution in [-0.4, -0.2) is 11.7 Å². The summed E-state index contributed by atoms with van der Waals surface area (Å²) < 4.78 is 5.20. The molecular formula is C21H25NO3. The summed E-state index contributed by atoms with van der Waals surface area (Å²) in [5.74, 6) is 0. The van der Waals surface area contributed by atoms with E-state index in [2.05, 4.69) is 5.48 Å². The number of amides is 1. The molecule has 0 radical (unpaired) electrons. The third kappa shape index (κ3) is 7.23. The fourth-order valence-electron chi connectivity index (χ4n) is 2.23. The van der Waals surface area contributed by atoms with E-state index in [1.807, 2.05) is 93.6 Å². The second kappa shape index (κ2) is 9.04. The van der Waals surface area contributed by atoms with E-state index in [-0.39, 0.29) is 6.10 Å². The molecule has 1 N–H and O–H groups in total. The molecule has 0 saturated carbocycles. The van der Waals surface area contributed by atoms with Crippen LogP contribution in [0.5, 0.6) is 0 Å². The van der Waals surface area contributed by atoms with E-state index in [1.54, 1.807) is 0 Å². The largest absolute Gasteiger partial charge is 0.442 e. The molecule has 4 nitrogen and oxygen atoms in total. The van der Waals surface area contributed by atoms with Crippen molar-refractivity contribution in [3.05, 3.63) is 77.9 Å². The molecule has 0 aliphatic carbocycles. The van der Waals surface area contributed by atoms with E-state index < -0.39 is 11.7 Å². The first kappa shape index (κ1) is 18.7. The summed E-state index contributed by atoms with van der Waals surface area (Å²) in [5, 5.41) is 0. The molecule has 4 heteroatoms. The molecular weight excluding hydrogens is 314 g/mol. The lowest BCUT2D eigenvalue weighted by atomic mass is 10.1. The standard InChI is InChI=1S/C21H25NO3/c1-21(2,3)24-20(23)22-25-19(18-14-8-5-9-15-18)16-10-13-17-11-6-4-7-12-17/h4-15,19H,16H2,1-3H3,(H,22,23)/b13-10+. The van der Waals surface area contributed by atoms with E-state index in [9.17, 15) is 4.79 Å². The zero-order valence-corrected chi connectivity index (χ0v) is 14.9. The molecule has 0 heterocycles. The molecule has 1 atom stereocenters. The summed E-state index contributed by atoms with van der Waals surface area (Å²) >= 11 is 0. The van der Waals surface area contributed by atoms with Crippen LogP contribution < -0.4 is 5.48 Å². The molecule has 0 saturated heterocycles. The van der Waals surface area contributed by atoms with E-state index in [1.165, 1.54) is 0 Å².